The van der Waals surface area contributed by atoms with E-state index in [0.29, 0.717) is 0 Å². The third-order valence-electron chi connectivity index (χ3n) is 0.360. The van der Waals surface area contributed by atoms with Gasteiger partial charge in [-0.15, -0.1) is 0 Å². The molecule has 0 bridgehead atoms. The van der Waals surface area contributed by atoms with Crippen molar-refractivity contribution >= 4 is 11.8 Å². The number of carboxylic acid groups (broad SMARTS) is 1. The first-order valence-electron chi connectivity index (χ1n) is 1.50. The molecule has 0 spiro atoms. The van der Waals surface area contributed by atoms with Crippen LogP contribution in [0.3, 0.4) is 0 Å². The summed E-state index contributed by atoms with van der Waals surface area (Å²) in [5.74, 6) is -3.12. The number of rotatable bonds is 2. The highest BCUT2D eigenvalue weighted by molar-refractivity contribution is 6.33. The Balaban J connectivity index is 0. The molecule has 4 nitrogen and oxygen atoms in total. The lowest BCUT2D eigenvalue weighted by molar-refractivity contribution is -0.149. The van der Waals surface area contributed by atoms with E-state index in [1.54, 1.807) is 0 Å². The van der Waals surface area contributed by atoms with Crippen LogP contribution in [0, 0.1) is 0 Å². The van der Waals surface area contributed by atoms with Crippen LogP contribution in [0.4, 0.5) is 4.39 Å². The van der Waals surface area contributed by atoms with Crippen molar-refractivity contribution in [1.29, 1.82) is 0 Å². The van der Waals surface area contributed by atoms with Crippen LogP contribution in [-0.4, -0.2) is 29.0 Å². The number of Topliss-reactive ketones (excluding diaryl/α,β-unsaturated/α-hetero) is 1. The first kappa shape index (κ1) is 10.1. The summed E-state index contributed by atoms with van der Waals surface area (Å²) in [4.78, 5) is 18.9. The third-order valence-corrected chi connectivity index (χ3v) is 0.360. The van der Waals surface area contributed by atoms with Gasteiger partial charge < -0.3 is 10.6 Å². The predicted octanol–water partition coefficient (Wildman–Crippen LogP) is -1.22. The lowest BCUT2D eigenvalue weighted by Crippen LogP contribution is -2.13. The Morgan fingerprint density at radius 3 is 1.88 bits per heavy atom. The molecule has 0 saturated carbocycles. The fraction of sp³-hybridized carbons (Fsp3) is 0.333. The molecular formula is C3H5FO4. The summed E-state index contributed by atoms with van der Waals surface area (Å²) in [6.07, 6.45) is 0. The zero-order valence-corrected chi connectivity index (χ0v) is 3.85. The van der Waals surface area contributed by atoms with Crippen LogP contribution < -0.4 is 0 Å². The highest BCUT2D eigenvalue weighted by Gasteiger charge is 2.08. The van der Waals surface area contributed by atoms with E-state index in [4.69, 9.17) is 5.11 Å². The first-order chi connectivity index (χ1) is 3.18. The average Bonchev–Trinajstić information content (AvgIpc) is 1.65. The Kier molecular flexibility index (Phi) is 5.30. The SMILES string of the molecule is O.O=C(O)C(=O)CF. The van der Waals surface area contributed by atoms with Crippen LogP contribution in [0.1, 0.15) is 0 Å². The van der Waals surface area contributed by atoms with Gasteiger partial charge in [0.15, 0.2) is 6.67 Å². The topological polar surface area (TPSA) is 85.9 Å². The molecule has 0 heterocycles. The molecule has 3 N–H and O–H groups in total. The summed E-state index contributed by atoms with van der Waals surface area (Å²) in [6.45, 7) is -1.42. The molecule has 0 fully saturated rings. The van der Waals surface area contributed by atoms with Gasteiger partial charge in [-0.25, -0.2) is 9.18 Å². The maximum absolute atomic E-state index is 10.9. The molecule has 0 aromatic carbocycles. The van der Waals surface area contributed by atoms with E-state index >= 15 is 0 Å². The standard InChI is InChI=1S/C3H3FO3.H2O/c4-1-2(5)3(6)7;/h1H2,(H,6,7);1H2. The van der Waals surface area contributed by atoms with Crippen molar-refractivity contribution in [2.24, 2.45) is 0 Å². The average molecular weight is 124 g/mol. The van der Waals surface area contributed by atoms with E-state index in [1.807, 2.05) is 0 Å². The van der Waals surface area contributed by atoms with Crippen molar-refractivity contribution in [1.82, 2.24) is 0 Å². The second kappa shape index (κ2) is 4.20. The van der Waals surface area contributed by atoms with E-state index in [2.05, 4.69) is 0 Å². The number of hydrogen-bond acceptors (Lipinski definition) is 2. The van der Waals surface area contributed by atoms with E-state index in [0.717, 1.165) is 0 Å². The smallest absolute Gasteiger partial charge is 0.375 e. The second-order valence-electron chi connectivity index (χ2n) is 0.862. The minimum atomic E-state index is -1.72. The normalized spacial score (nSPS) is 7.12. The Bertz CT molecular complexity index is 99.5. The number of hydrogen-bond donors (Lipinski definition) is 1. The minimum absolute atomic E-state index is 0. The van der Waals surface area contributed by atoms with Gasteiger partial charge in [-0.3, -0.25) is 4.79 Å². The van der Waals surface area contributed by atoms with Crippen molar-refractivity contribution in [2.75, 3.05) is 6.67 Å². The number of halogens is 1. The van der Waals surface area contributed by atoms with E-state index < -0.39 is 18.4 Å². The molecule has 0 aromatic rings. The van der Waals surface area contributed by atoms with E-state index in [-0.39, 0.29) is 5.48 Å². The van der Waals surface area contributed by atoms with Gasteiger partial charge in [0.05, 0.1) is 0 Å². The fourth-order valence-corrected chi connectivity index (χ4v) is 0.0572. The zero-order valence-electron chi connectivity index (χ0n) is 3.85. The van der Waals surface area contributed by atoms with E-state index in [1.165, 1.54) is 0 Å². The largest absolute Gasteiger partial charge is 0.475 e. The third kappa shape index (κ3) is 3.23. The molecule has 0 aliphatic heterocycles. The minimum Gasteiger partial charge on any atom is -0.475 e. The molecule has 0 aromatic heterocycles. The van der Waals surface area contributed by atoms with Crippen LogP contribution in [-0.2, 0) is 9.59 Å². The fourth-order valence-electron chi connectivity index (χ4n) is 0.0572. The molecular weight excluding hydrogens is 119 g/mol. The Hall–Kier alpha value is -0.970. The van der Waals surface area contributed by atoms with Crippen molar-refractivity contribution in [3.8, 4) is 0 Å². The lowest BCUT2D eigenvalue weighted by Gasteiger charge is -1.78. The molecule has 48 valence electrons. The molecule has 0 saturated heterocycles. The van der Waals surface area contributed by atoms with E-state index in [9.17, 15) is 14.0 Å². The molecule has 0 unspecified atom stereocenters. The van der Waals surface area contributed by atoms with Gasteiger partial charge in [-0.2, -0.15) is 0 Å². The van der Waals surface area contributed by atoms with Crippen LogP contribution >= 0.6 is 0 Å². The number of aliphatic carboxylic acids is 1. The summed E-state index contributed by atoms with van der Waals surface area (Å²) in [5, 5.41) is 7.59. The molecule has 8 heavy (non-hydrogen) atoms. The highest BCUT2D eigenvalue weighted by atomic mass is 19.1. The van der Waals surface area contributed by atoms with Gasteiger partial charge in [-0.05, 0) is 0 Å². The number of ketones is 1. The number of carbonyl (C=O) groups is 2. The monoisotopic (exact) mass is 124 g/mol. The number of carboxylic acids is 1. The maximum Gasteiger partial charge on any atom is 0.375 e. The van der Waals surface area contributed by atoms with Crippen LogP contribution in [0.15, 0.2) is 0 Å². The Morgan fingerprint density at radius 2 is 1.88 bits per heavy atom. The van der Waals surface area contributed by atoms with Gasteiger partial charge in [-0.1, -0.05) is 0 Å². The molecule has 0 atom stereocenters. The molecule has 0 aliphatic carbocycles. The van der Waals surface area contributed by atoms with Crippen LogP contribution in [0.2, 0.25) is 0 Å². The predicted molar refractivity (Wildman–Crippen MR) is 22.2 cm³/mol. The quantitative estimate of drug-likeness (QED) is 0.468. The number of carbonyl (C=O) groups excluding carboxylic acids is 1. The maximum atomic E-state index is 10.9. The lowest BCUT2D eigenvalue weighted by atomic mass is 10.5. The van der Waals surface area contributed by atoms with Crippen LogP contribution in [0.5, 0.6) is 0 Å². The summed E-state index contributed by atoms with van der Waals surface area (Å²) in [7, 11) is 0. The first-order valence-corrected chi connectivity index (χ1v) is 1.50. The molecule has 0 aliphatic rings. The Labute approximate surface area is 44.2 Å². The number of alkyl halides is 1. The van der Waals surface area contributed by atoms with Crippen molar-refractivity contribution in [3.63, 3.8) is 0 Å². The highest BCUT2D eigenvalue weighted by Crippen LogP contribution is 1.71. The van der Waals surface area contributed by atoms with Crippen molar-refractivity contribution in [2.45, 2.75) is 0 Å². The molecule has 5 heteroatoms. The second-order valence-corrected chi connectivity index (χ2v) is 0.862. The summed E-state index contributed by atoms with van der Waals surface area (Å²) in [5.41, 5.74) is 0. The van der Waals surface area contributed by atoms with Crippen LogP contribution in [0.25, 0.3) is 0 Å². The Morgan fingerprint density at radius 1 is 1.50 bits per heavy atom. The molecule has 0 radical (unpaired) electrons. The van der Waals surface area contributed by atoms with Gasteiger partial charge in [0.2, 0.25) is 0 Å². The summed E-state index contributed by atoms with van der Waals surface area (Å²) < 4.78 is 10.9. The zero-order chi connectivity index (χ0) is 5.86. The van der Waals surface area contributed by atoms with Crippen molar-refractivity contribution < 1.29 is 24.6 Å². The summed E-state index contributed by atoms with van der Waals surface area (Å²) in [6, 6.07) is 0. The van der Waals surface area contributed by atoms with Gasteiger partial charge in [0.1, 0.15) is 0 Å². The van der Waals surface area contributed by atoms with Gasteiger partial charge >= 0.3 is 5.97 Å². The molecule has 0 rings (SSSR count). The van der Waals surface area contributed by atoms with Gasteiger partial charge in [0, 0.05) is 0 Å². The molecule has 0 amide bonds. The van der Waals surface area contributed by atoms with Gasteiger partial charge in [0.25, 0.3) is 5.78 Å². The van der Waals surface area contributed by atoms with Crippen molar-refractivity contribution in [3.05, 3.63) is 0 Å². The summed E-state index contributed by atoms with van der Waals surface area (Å²) >= 11 is 0.